The van der Waals surface area contributed by atoms with E-state index in [2.05, 4.69) is 11.9 Å². The van der Waals surface area contributed by atoms with Gasteiger partial charge in [-0.15, -0.1) is 0 Å². The van der Waals surface area contributed by atoms with Crippen LogP contribution < -0.4 is 5.32 Å². The van der Waals surface area contributed by atoms with Crippen LogP contribution in [0.4, 0.5) is 4.79 Å². The zero-order valence-electron chi connectivity index (χ0n) is 10.5. The molecule has 17 heavy (non-hydrogen) atoms. The van der Waals surface area contributed by atoms with Crippen LogP contribution in [0.2, 0.25) is 0 Å². The minimum atomic E-state index is -1.07. The molecule has 96 valence electrons. The average Bonchev–Trinajstić information content (AvgIpc) is 2.66. The molecule has 1 aliphatic carbocycles. The molecule has 1 aliphatic rings. The number of nitrogens with zero attached hydrogens (tertiary/aromatic N) is 1. The van der Waals surface area contributed by atoms with Crippen molar-refractivity contribution in [2.24, 2.45) is 0 Å². The highest BCUT2D eigenvalue weighted by Gasteiger charge is 2.43. The van der Waals surface area contributed by atoms with Crippen molar-refractivity contribution in [2.45, 2.75) is 38.1 Å². The molecule has 0 aromatic heterocycles. The average molecular weight is 240 g/mol. The van der Waals surface area contributed by atoms with Gasteiger partial charge in [0.1, 0.15) is 5.54 Å². The summed E-state index contributed by atoms with van der Waals surface area (Å²) in [6, 6.07) is -0.350. The molecule has 5 nitrogen and oxygen atoms in total. The number of urea groups is 1. The Morgan fingerprint density at radius 1 is 1.41 bits per heavy atom. The molecule has 1 fully saturated rings. The summed E-state index contributed by atoms with van der Waals surface area (Å²) in [6.07, 6.45) is 2.71. The molecule has 0 spiro atoms. The van der Waals surface area contributed by atoms with E-state index in [1.165, 1.54) is 4.90 Å². The summed E-state index contributed by atoms with van der Waals surface area (Å²) < 4.78 is 0. The zero-order chi connectivity index (χ0) is 13.1. The minimum Gasteiger partial charge on any atom is -0.480 e. The predicted molar refractivity (Wildman–Crippen MR) is 64.8 cm³/mol. The molecule has 0 radical (unpaired) electrons. The molecule has 1 rings (SSSR count). The van der Waals surface area contributed by atoms with Gasteiger partial charge in [0, 0.05) is 13.6 Å². The number of aliphatic carboxylic acids is 1. The first-order valence-electron chi connectivity index (χ1n) is 5.78. The number of hydrogen-bond donors (Lipinski definition) is 2. The summed E-state index contributed by atoms with van der Waals surface area (Å²) in [6.45, 7) is 5.98. The second-order valence-corrected chi connectivity index (χ2v) is 4.84. The van der Waals surface area contributed by atoms with Gasteiger partial charge in [0.2, 0.25) is 0 Å². The molecule has 0 atom stereocenters. The third-order valence-electron chi connectivity index (χ3n) is 3.07. The third-order valence-corrected chi connectivity index (χ3v) is 3.07. The molecule has 0 aromatic carbocycles. The van der Waals surface area contributed by atoms with Crippen LogP contribution in [0, 0.1) is 0 Å². The van der Waals surface area contributed by atoms with Crippen molar-refractivity contribution in [2.75, 3.05) is 13.6 Å². The summed E-state index contributed by atoms with van der Waals surface area (Å²) in [5.41, 5.74) is -0.209. The maximum absolute atomic E-state index is 11.9. The number of amides is 2. The van der Waals surface area contributed by atoms with Gasteiger partial charge < -0.3 is 15.3 Å². The first-order chi connectivity index (χ1) is 7.87. The molecule has 2 amide bonds. The first-order valence-corrected chi connectivity index (χ1v) is 5.78. The smallest absolute Gasteiger partial charge is 0.329 e. The summed E-state index contributed by atoms with van der Waals surface area (Å²) in [5, 5.41) is 11.9. The van der Waals surface area contributed by atoms with Crippen LogP contribution in [0.15, 0.2) is 12.2 Å². The van der Waals surface area contributed by atoms with Crippen LogP contribution in [-0.2, 0) is 4.79 Å². The molecule has 1 saturated carbocycles. The molecule has 0 aliphatic heterocycles. The van der Waals surface area contributed by atoms with Crippen molar-refractivity contribution < 1.29 is 14.7 Å². The summed E-state index contributed by atoms with van der Waals surface area (Å²) in [5.74, 6) is -0.938. The lowest BCUT2D eigenvalue weighted by Crippen LogP contribution is -2.55. The van der Waals surface area contributed by atoms with E-state index >= 15 is 0 Å². The Hall–Kier alpha value is -1.52. The van der Waals surface area contributed by atoms with E-state index in [4.69, 9.17) is 0 Å². The van der Waals surface area contributed by atoms with Gasteiger partial charge >= 0.3 is 12.0 Å². The Morgan fingerprint density at radius 2 is 1.94 bits per heavy atom. The first kappa shape index (κ1) is 13.5. The van der Waals surface area contributed by atoms with E-state index in [0.29, 0.717) is 19.4 Å². The molecule has 0 unspecified atom stereocenters. The quantitative estimate of drug-likeness (QED) is 0.733. The largest absolute Gasteiger partial charge is 0.480 e. The van der Waals surface area contributed by atoms with E-state index in [9.17, 15) is 14.7 Å². The molecule has 0 saturated heterocycles. The summed E-state index contributed by atoms with van der Waals surface area (Å²) in [7, 11) is 1.63. The number of rotatable bonds is 4. The lowest BCUT2D eigenvalue weighted by atomic mass is 9.98. The maximum atomic E-state index is 11.9. The molecular formula is C12H20N2O3. The molecule has 0 heterocycles. The van der Waals surface area contributed by atoms with Gasteiger partial charge in [-0.05, 0) is 19.8 Å². The van der Waals surface area contributed by atoms with Gasteiger partial charge in [-0.2, -0.15) is 0 Å². The van der Waals surface area contributed by atoms with Crippen LogP contribution in [0.5, 0.6) is 0 Å². The highest BCUT2D eigenvalue weighted by Crippen LogP contribution is 2.30. The number of nitrogens with one attached hydrogen (secondary N) is 1. The Kier molecular flexibility index (Phi) is 4.15. The summed E-state index contributed by atoms with van der Waals surface area (Å²) in [4.78, 5) is 24.6. The second kappa shape index (κ2) is 5.21. The monoisotopic (exact) mass is 240 g/mol. The second-order valence-electron chi connectivity index (χ2n) is 4.84. The van der Waals surface area contributed by atoms with Crippen LogP contribution >= 0.6 is 0 Å². The van der Waals surface area contributed by atoms with Gasteiger partial charge in [0.15, 0.2) is 0 Å². The summed E-state index contributed by atoms with van der Waals surface area (Å²) >= 11 is 0. The third kappa shape index (κ3) is 3.22. The lowest BCUT2D eigenvalue weighted by Gasteiger charge is -2.28. The fraction of sp³-hybridized carbons (Fsp3) is 0.667. The standard InChI is InChI=1S/C12H20N2O3/c1-9(2)8-14(3)11(17)13-12(10(15)16)6-4-5-7-12/h1,4-8H2,2-3H3,(H,13,17)(H,15,16). The van der Waals surface area contributed by atoms with Crippen LogP contribution in [0.25, 0.3) is 0 Å². The van der Waals surface area contributed by atoms with Crippen LogP contribution in [-0.4, -0.2) is 41.1 Å². The number of hydrogen-bond acceptors (Lipinski definition) is 2. The molecule has 2 N–H and O–H groups in total. The number of likely N-dealkylation sites (N-methyl/N-ethyl adjacent to an activating group) is 1. The van der Waals surface area contributed by atoms with Crippen molar-refractivity contribution in [3.63, 3.8) is 0 Å². The highest BCUT2D eigenvalue weighted by molar-refractivity contribution is 5.86. The van der Waals surface area contributed by atoms with E-state index in [1.807, 2.05) is 6.92 Å². The fourth-order valence-corrected chi connectivity index (χ4v) is 2.15. The normalized spacial score (nSPS) is 17.5. The Labute approximate surface area is 101 Å². The predicted octanol–water partition coefficient (Wildman–Crippen LogP) is 1.60. The topological polar surface area (TPSA) is 69.6 Å². The van der Waals surface area contributed by atoms with E-state index in [1.54, 1.807) is 7.05 Å². The highest BCUT2D eigenvalue weighted by atomic mass is 16.4. The Balaban J connectivity index is 2.65. The van der Waals surface area contributed by atoms with Crippen molar-refractivity contribution in [1.82, 2.24) is 10.2 Å². The number of carboxylic acid groups (broad SMARTS) is 1. The molecular weight excluding hydrogens is 220 g/mol. The van der Waals surface area contributed by atoms with Gasteiger partial charge in [0.25, 0.3) is 0 Å². The van der Waals surface area contributed by atoms with E-state index < -0.39 is 11.5 Å². The van der Waals surface area contributed by atoms with Gasteiger partial charge in [-0.25, -0.2) is 9.59 Å². The Bertz CT molecular complexity index is 333. The molecule has 0 bridgehead atoms. The van der Waals surface area contributed by atoms with Crippen LogP contribution in [0.1, 0.15) is 32.6 Å². The van der Waals surface area contributed by atoms with Crippen molar-refractivity contribution in [3.8, 4) is 0 Å². The van der Waals surface area contributed by atoms with Crippen molar-refractivity contribution in [1.29, 1.82) is 0 Å². The van der Waals surface area contributed by atoms with Crippen LogP contribution in [0.3, 0.4) is 0 Å². The van der Waals surface area contributed by atoms with Crippen molar-refractivity contribution in [3.05, 3.63) is 12.2 Å². The number of carboxylic acids is 1. The van der Waals surface area contributed by atoms with Gasteiger partial charge in [-0.1, -0.05) is 25.0 Å². The van der Waals surface area contributed by atoms with E-state index in [-0.39, 0.29) is 6.03 Å². The Morgan fingerprint density at radius 3 is 2.35 bits per heavy atom. The fourth-order valence-electron chi connectivity index (χ4n) is 2.15. The molecule has 0 aromatic rings. The maximum Gasteiger partial charge on any atom is 0.329 e. The SMILES string of the molecule is C=C(C)CN(C)C(=O)NC1(C(=O)O)CCCC1. The van der Waals surface area contributed by atoms with E-state index in [0.717, 1.165) is 18.4 Å². The lowest BCUT2D eigenvalue weighted by molar-refractivity contribution is -0.144. The number of carbonyl (C=O) groups excluding carboxylic acids is 1. The zero-order valence-corrected chi connectivity index (χ0v) is 10.5. The van der Waals surface area contributed by atoms with Crippen molar-refractivity contribution >= 4 is 12.0 Å². The number of carbonyl (C=O) groups is 2. The van der Waals surface area contributed by atoms with Gasteiger partial charge in [-0.3, -0.25) is 0 Å². The van der Waals surface area contributed by atoms with Gasteiger partial charge in [0.05, 0.1) is 0 Å². The molecule has 5 heteroatoms. The minimum absolute atomic E-state index is 0.350.